The van der Waals surface area contributed by atoms with Gasteiger partial charge in [-0.2, -0.15) is 0 Å². The lowest BCUT2D eigenvalue weighted by Crippen LogP contribution is -2.31. The smallest absolute Gasteiger partial charge is 0.00104 e. The van der Waals surface area contributed by atoms with Gasteiger partial charge in [0.25, 0.3) is 0 Å². The molecule has 0 spiro atoms. The zero-order chi connectivity index (χ0) is 14.5. The fourth-order valence-corrected chi connectivity index (χ4v) is 3.68. The topological polar surface area (TPSA) is 12.0 Å². The summed E-state index contributed by atoms with van der Waals surface area (Å²) in [7, 11) is 0. The van der Waals surface area contributed by atoms with Gasteiger partial charge in [-0.15, -0.1) is 0 Å². The summed E-state index contributed by atoms with van der Waals surface area (Å²) in [4.78, 5) is 0. The van der Waals surface area contributed by atoms with Crippen LogP contribution in [0.1, 0.15) is 68.6 Å². The van der Waals surface area contributed by atoms with Gasteiger partial charge in [0.1, 0.15) is 0 Å². The Hall–Kier alpha value is -0.820. The second-order valence-electron chi connectivity index (χ2n) is 6.99. The summed E-state index contributed by atoms with van der Waals surface area (Å²) in [5, 5.41) is 3.67. The van der Waals surface area contributed by atoms with Crippen LogP contribution < -0.4 is 5.32 Å². The molecule has 112 valence electrons. The number of benzene rings is 1. The van der Waals surface area contributed by atoms with Crippen LogP contribution >= 0.6 is 0 Å². The zero-order valence-electron chi connectivity index (χ0n) is 13.7. The maximum Gasteiger partial charge on any atom is 0.00104 e. The van der Waals surface area contributed by atoms with Crippen LogP contribution in [-0.2, 0) is 0 Å². The molecule has 1 fully saturated rings. The molecule has 0 heterocycles. The molecule has 1 N–H and O–H groups in total. The Morgan fingerprint density at radius 2 is 1.65 bits per heavy atom. The second-order valence-corrected chi connectivity index (χ2v) is 6.99. The van der Waals surface area contributed by atoms with Crippen LogP contribution in [0.5, 0.6) is 0 Å². The third kappa shape index (κ3) is 4.34. The van der Waals surface area contributed by atoms with Crippen molar-refractivity contribution in [2.45, 2.75) is 71.8 Å². The Morgan fingerprint density at radius 1 is 1.00 bits per heavy atom. The molecular formula is C19H31N. The highest BCUT2D eigenvalue weighted by atomic mass is 14.9. The third-order valence-electron chi connectivity index (χ3n) is 4.62. The third-order valence-corrected chi connectivity index (χ3v) is 4.62. The molecule has 0 saturated heterocycles. The summed E-state index contributed by atoms with van der Waals surface area (Å²) < 4.78 is 0. The largest absolute Gasteiger partial charge is 0.314 e. The molecule has 0 bridgehead atoms. The molecule has 0 radical (unpaired) electrons. The van der Waals surface area contributed by atoms with E-state index in [0.29, 0.717) is 6.04 Å². The molecule has 0 aliphatic heterocycles. The number of aryl methyl sites for hydroxylation is 2. The van der Waals surface area contributed by atoms with Gasteiger partial charge in [-0.05, 0) is 50.6 Å². The van der Waals surface area contributed by atoms with Gasteiger partial charge < -0.3 is 5.32 Å². The van der Waals surface area contributed by atoms with E-state index in [-0.39, 0.29) is 0 Å². The van der Waals surface area contributed by atoms with Crippen LogP contribution in [0.25, 0.3) is 0 Å². The van der Waals surface area contributed by atoms with E-state index in [1.54, 1.807) is 5.56 Å². The van der Waals surface area contributed by atoms with Gasteiger partial charge in [0, 0.05) is 6.04 Å². The molecule has 1 nitrogen and oxygen atoms in total. The second kappa shape index (κ2) is 7.26. The zero-order valence-corrected chi connectivity index (χ0v) is 13.7. The van der Waals surface area contributed by atoms with Gasteiger partial charge >= 0.3 is 0 Å². The molecule has 2 rings (SSSR count). The Bertz CT molecular complexity index is 402. The molecule has 2 atom stereocenters. The summed E-state index contributed by atoms with van der Waals surface area (Å²) in [5.74, 6) is 1.56. The SMILES string of the molecule is Cc1cc(C)cc(C2CCCCCC2CNC(C)C)c1. The lowest BCUT2D eigenvalue weighted by atomic mass is 9.81. The molecule has 1 aliphatic carbocycles. The summed E-state index contributed by atoms with van der Waals surface area (Å²) in [6.07, 6.45) is 6.98. The van der Waals surface area contributed by atoms with Gasteiger partial charge in [-0.3, -0.25) is 0 Å². The molecule has 1 heteroatoms. The minimum Gasteiger partial charge on any atom is -0.314 e. The summed E-state index contributed by atoms with van der Waals surface area (Å²) in [6, 6.07) is 7.73. The van der Waals surface area contributed by atoms with Crippen LogP contribution in [0.2, 0.25) is 0 Å². The molecule has 20 heavy (non-hydrogen) atoms. The van der Waals surface area contributed by atoms with E-state index in [4.69, 9.17) is 0 Å². The van der Waals surface area contributed by atoms with Crippen LogP contribution in [0, 0.1) is 19.8 Å². The molecular weight excluding hydrogens is 242 g/mol. The Kier molecular flexibility index (Phi) is 5.65. The average Bonchev–Trinajstić information content (AvgIpc) is 2.60. The average molecular weight is 273 g/mol. The predicted molar refractivity (Wildman–Crippen MR) is 88.4 cm³/mol. The number of nitrogens with one attached hydrogen (secondary N) is 1. The Morgan fingerprint density at radius 3 is 2.30 bits per heavy atom. The Balaban J connectivity index is 2.18. The van der Waals surface area contributed by atoms with Crippen molar-refractivity contribution < 1.29 is 0 Å². The van der Waals surface area contributed by atoms with E-state index in [1.165, 1.54) is 49.8 Å². The Labute approximate surface area is 125 Å². The molecule has 1 aromatic rings. The van der Waals surface area contributed by atoms with Crippen molar-refractivity contribution in [3.63, 3.8) is 0 Å². The van der Waals surface area contributed by atoms with E-state index in [1.807, 2.05) is 0 Å². The number of hydrogen-bond donors (Lipinski definition) is 1. The van der Waals surface area contributed by atoms with Gasteiger partial charge in [0.15, 0.2) is 0 Å². The first-order valence-electron chi connectivity index (χ1n) is 8.38. The summed E-state index contributed by atoms with van der Waals surface area (Å²) in [6.45, 7) is 10.1. The predicted octanol–water partition coefficient (Wildman–Crippen LogP) is 4.97. The minimum absolute atomic E-state index is 0.596. The monoisotopic (exact) mass is 273 g/mol. The van der Waals surface area contributed by atoms with E-state index in [2.05, 4.69) is 51.2 Å². The molecule has 1 aliphatic rings. The fourth-order valence-electron chi connectivity index (χ4n) is 3.68. The molecule has 1 saturated carbocycles. The van der Waals surface area contributed by atoms with Crippen molar-refractivity contribution in [2.24, 2.45) is 5.92 Å². The standard InChI is InChI=1S/C19H31N/c1-14(2)20-13-17-8-6-5-7-9-19(17)18-11-15(3)10-16(4)12-18/h10-12,14,17,19-20H,5-9,13H2,1-4H3. The highest BCUT2D eigenvalue weighted by Crippen LogP contribution is 2.37. The van der Waals surface area contributed by atoms with Crippen molar-refractivity contribution in [1.82, 2.24) is 5.32 Å². The molecule has 2 unspecified atom stereocenters. The van der Waals surface area contributed by atoms with Gasteiger partial charge in [-0.25, -0.2) is 0 Å². The minimum atomic E-state index is 0.596. The van der Waals surface area contributed by atoms with Crippen molar-refractivity contribution in [2.75, 3.05) is 6.54 Å². The van der Waals surface area contributed by atoms with E-state index >= 15 is 0 Å². The van der Waals surface area contributed by atoms with Gasteiger partial charge in [0.05, 0.1) is 0 Å². The highest BCUT2D eigenvalue weighted by Gasteiger charge is 2.25. The summed E-state index contributed by atoms with van der Waals surface area (Å²) in [5.41, 5.74) is 4.42. The number of rotatable bonds is 4. The quantitative estimate of drug-likeness (QED) is 0.764. The molecule has 1 aromatic carbocycles. The number of hydrogen-bond acceptors (Lipinski definition) is 1. The summed E-state index contributed by atoms with van der Waals surface area (Å²) >= 11 is 0. The van der Waals surface area contributed by atoms with Gasteiger partial charge in [0.2, 0.25) is 0 Å². The van der Waals surface area contributed by atoms with E-state index in [9.17, 15) is 0 Å². The van der Waals surface area contributed by atoms with Crippen LogP contribution in [-0.4, -0.2) is 12.6 Å². The lowest BCUT2D eigenvalue weighted by Gasteiger charge is -2.27. The normalized spacial score (nSPS) is 23.9. The van der Waals surface area contributed by atoms with Crippen molar-refractivity contribution in [3.05, 3.63) is 34.9 Å². The first kappa shape index (κ1) is 15.6. The highest BCUT2D eigenvalue weighted by molar-refractivity contribution is 5.31. The lowest BCUT2D eigenvalue weighted by molar-refractivity contribution is 0.363. The van der Waals surface area contributed by atoms with Crippen LogP contribution in [0.4, 0.5) is 0 Å². The van der Waals surface area contributed by atoms with Crippen molar-refractivity contribution >= 4 is 0 Å². The van der Waals surface area contributed by atoms with E-state index < -0.39 is 0 Å². The molecule has 0 aromatic heterocycles. The van der Waals surface area contributed by atoms with Crippen molar-refractivity contribution in [3.8, 4) is 0 Å². The van der Waals surface area contributed by atoms with Crippen LogP contribution in [0.3, 0.4) is 0 Å². The van der Waals surface area contributed by atoms with Gasteiger partial charge in [-0.1, -0.05) is 62.4 Å². The van der Waals surface area contributed by atoms with E-state index in [0.717, 1.165) is 11.8 Å². The first-order chi connectivity index (χ1) is 9.56. The maximum absolute atomic E-state index is 3.67. The van der Waals surface area contributed by atoms with Crippen molar-refractivity contribution in [1.29, 1.82) is 0 Å². The molecule has 0 amide bonds. The fraction of sp³-hybridized carbons (Fsp3) is 0.684. The maximum atomic E-state index is 3.67. The van der Waals surface area contributed by atoms with Crippen LogP contribution in [0.15, 0.2) is 18.2 Å². The first-order valence-corrected chi connectivity index (χ1v) is 8.38.